The third-order valence-electron chi connectivity index (χ3n) is 4.95. The van der Waals surface area contributed by atoms with Gasteiger partial charge in [-0.3, -0.25) is 0 Å². The highest BCUT2D eigenvalue weighted by Crippen LogP contribution is 2.40. The summed E-state index contributed by atoms with van der Waals surface area (Å²) >= 11 is 1.96. The Labute approximate surface area is 119 Å². The predicted molar refractivity (Wildman–Crippen MR) is 85.4 cm³/mol. The van der Waals surface area contributed by atoms with Crippen LogP contribution in [0.1, 0.15) is 59.8 Å². The number of hydrogen-bond acceptors (Lipinski definition) is 2. The molecule has 2 heteroatoms. The zero-order valence-corrected chi connectivity index (χ0v) is 13.9. The van der Waals surface area contributed by atoms with Crippen molar-refractivity contribution in [3.8, 4) is 0 Å². The minimum Gasteiger partial charge on any atom is -0.314 e. The van der Waals surface area contributed by atoms with Gasteiger partial charge in [0, 0.05) is 6.04 Å². The molecule has 0 aromatic carbocycles. The van der Waals surface area contributed by atoms with Gasteiger partial charge in [0.15, 0.2) is 0 Å². The molecule has 1 fully saturated rings. The molecule has 0 heterocycles. The summed E-state index contributed by atoms with van der Waals surface area (Å²) in [5.41, 5.74) is 0.553. The molecule has 0 bridgehead atoms. The van der Waals surface area contributed by atoms with Crippen LogP contribution in [0.25, 0.3) is 0 Å². The molecule has 1 nitrogen and oxygen atoms in total. The van der Waals surface area contributed by atoms with Gasteiger partial charge in [0.25, 0.3) is 0 Å². The van der Waals surface area contributed by atoms with Gasteiger partial charge in [-0.1, -0.05) is 34.1 Å². The van der Waals surface area contributed by atoms with Crippen molar-refractivity contribution >= 4 is 11.8 Å². The maximum atomic E-state index is 3.78. The lowest BCUT2D eigenvalue weighted by Gasteiger charge is -2.39. The van der Waals surface area contributed by atoms with Crippen molar-refractivity contribution in [3.63, 3.8) is 0 Å². The van der Waals surface area contributed by atoms with Crippen LogP contribution < -0.4 is 5.32 Å². The van der Waals surface area contributed by atoms with Crippen molar-refractivity contribution < 1.29 is 0 Å². The van der Waals surface area contributed by atoms with Gasteiger partial charge in [0.05, 0.1) is 0 Å². The number of thioether (sulfide) groups is 1. The molecule has 108 valence electrons. The SMILES string of the molecule is CCC(C)(C)C1CCC(NCC(C)CSC)CC1. The van der Waals surface area contributed by atoms with Crippen molar-refractivity contribution in [1.29, 1.82) is 0 Å². The largest absolute Gasteiger partial charge is 0.314 e. The van der Waals surface area contributed by atoms with E-state index < -0.39 is 0 Å². The lowest BCUT2D eigenvalue weighted by molar-refractivity contribution is 0.136. The topological polar surface area (TPSA) is 12.0 Å². The standard InChI is InChI=1S/C16H33NS/c1-6-16(3,4)14-7-9-15(10-8-14)17-11-13(2)12-18-5/h13-15,17H,6-12H2,1-5H3. The van der Waals surface area contributed by atoms with E-state index in [4.69, 9.17) is 0 Å². The summed E-state index contributed by atoms with van der Waals surface area (Å²) in [5.74, 6) is 3.04. The fourth-order valence-corrected chi connectivity index (χ4v) is 3.77. The molecule has 0 radical (unpaired) electrons. The van der Waals surface area contributed by atoms with Crippen LogP contribution in [0, 0.1) is 17.3 Å². The Bertz CT molecular complexity index is 219. The molecule has 1 aliphatic carbocycles. The van der Waals surface area contributed by atoms with E-state index in [1.165, 1.54) is 44.4 Å². The first-order chi connectivity index (χ1) is 8.49. The van der Waals surface area contributed by atoms with E-state index in [0.717, 1.165) is 17.9 Å². The fourth-order valence-electron chi connectivity index (χ4n) is 3.08. The van der Waals surface area contributed by atoms with E-state index in [1.54, 1.807) is 0 Å². The van der Waals surface area contributed by atoms with Crippen molar-refractivity contribution in [1.82, 2.24) is 5.32 Å². The highest BCUT2D eigenvalue weighted by Gasteiger charge is 2.31. The van der Waals surface area contributed by atoms with E-state index in [0.29, 0.717) is 5.41 Å². The molecule has 0 spiro atoms. The van der Waals surface area contributed by atoms with Crippen molar-refractivity contribution in [2.45, 2.75) is 65.8 Å². The minimum atomic E-state index is 0.553. The van der Waals surface area contributed by atoms with Crippen LogP contribution in [0.2, 0.25) is 0 Å². The van der Waals surface area contributed by atoms with Gasteiger partial charge >= 0.3 is 0 Å². The van der Waals surface area contributed by atoms with Crippen LogP contribution in [0.5, 0.6) is 0 Å². The van der Waals surface area contributed by atoms with Crippen LogP contribution in [-0.4, -0.2) is 24.6 Å². The van der Waals surface area contributed by atoms with Gasteiger partial charge in [-0.15, -0.1) is 0 Å². The number of rotatable bonds is 7. The first-order valence-electron chi connectivity index (χ1n) is 7.72. The summed E-state index contributed by atoms with van der Waals surface area (Å²) in [6.45, 7) is 10.8. The van der Waals surface area contributed by atoms with Crippen molar-refractivity contribution in [2.24, 2.45) is 17.3 Å². The molecule has 18 heavy (non-hydrogen) atoms. The smallest absolute Gasteiger partial charge is 0.00673 e. The Morgan fingerprint density at radius 3 is 2.33 bits per heavy atom. The Morgan fingerprint density at radius 2 is 1.83 bits per heavy atom. The van der Waals surface area contributed by atoms with Gasteiger partial charge < -0.3 is 5.32 Å². The maximum absolute atomic E-state index is 3.78. The molecule has 0 amide bonds. The molecule has 1 unspecified atom stereocenters. The van der Waals surface area contributed by atoms with E-state index >= 15 is 0 Å². The molecule has 1 atom stereocenters. The van der Waals surface area contributed by atoms with E-state index in [9.17, 15) is 0 Å². The van der Waals surface area contributed by atoms with Crippen molar-refractivity contribution in [2.75, 3.05) is 18.6 Å². The summed E-state index contributed by atoms with van der Waals surface area (Å²) in [6.07, 6.45) is 9.15. The molecule has 0 aliphatic heterocycles. The predicted octanol–water partition coefficient (Wildman–Crippen LogP) is 4.57. The molecular formula is C16H33NS. The Balaban J connectivity index is 2.23. The lowest BCUT2D eigenvalue weighted by Crippen LogP contribution is -2.38. The van der Waals surface area contributed by atoms with Crippen LogP contribution in [0.15, 0.2) is 0 Å². The van der Waals surface area contributed by atoms with Crippen LogP contribution in [-0.2, 0) is 0 Å². The highest BCUT2D eigenvalue weighted by atomic mass is 32.2. The quantitative estimate of drug-likeness (QED) is 0.728. The Hall–Kier alpha value is 0.310. The number of nitrogens with one attached hydrogen (secondary N) is 1. The first-order valence-corrected chi connectivity index (χ1v) is 9.11. The highest BCUT2D eigenvalue weighted by molar-refractivity contribution is 7.98. The summed E-state index contributed by atoms with van der Waals surface area (Å²) < 4.78 is 0. The van der Waals surface area contributed by atoms with Gasteiger partial charge in [-0.25, -0.2) is 0 Å². The second-order valence-corrected chi connectivity index (χ2v) is 7.77. The second-order valence-electron chi connectivity index (χ2n) is 6.86. The van der Waals surface area contributed by atoms with E-state index in [2.05, 4.69) is 39.3 Å². The van der Waals surface area contributed by atoms with Gasteiger partial charge in [-0.05, 0) is 61.5 Å². The van der Waals surface area contributed by atoms with Gasteiger partial charge in [0.1, 0.15) is 0 Å². The van der Waals surface area contributed by atoms with Crippen molar-refractivity contribution in [3.05, 3.63) is 0 Å². The summed E-state index contributed by atoms with van der Waals surface area (Å²) in [4.78, 5) is 0. The molecule has 0 aromatic rings. The molecule has 0 saturated heterocycles. The molecule has 0 aromatic heterocycles. The summed E-state index contributed by atoms with van der Waals surface area (Å²) in [7, 11) is 0. The fraction of sp³-hybridized carbons (Fsp3) is 1.00. The van der Waals surface area contributed by atoms with Crippen LogP contribution >= 0.6 is 11.8 Å². The first kappa shape index (κ1) is 16.4. The molecule has 1 N–H and O–H groups in total. The third kappa shape index (κ3) is 5.13. The summed E-state index contributed by atoms with van der Waals surface area (Å²) in [5, 5.41) is 3.78. The lowest BCUT2D eigenvalue weighted by atomic mass is 9.69. The molecule has 1 rings (SSSR count). The van der Waals surface area contributed by atoms with Crippen LogP contribution in [0.3, 0.4) is 0 Å². The monoisotopic (exact) mass is 271 g/mol. The zero-order chi connectivity index (χ0) is 13.6. The molecule has 1 aliphatic rings. The van der Waals surface area contributed by atoms with E-state index in [-0.39, 0.29) is 0 Å². The summed E-state index contributed by atoms with van der Waals surface area (Å²) in [6, 6.07) is 0.790. The van der Waals surface area contributed by atoms with Gasteiger partial charge in [0.2, 0.25) is 0 Å². The average Bonchev–Trinajstić information content (AvgIpc) is 2.37. The Morgan fingerprint density at radius 1 is 1.22 bits per heavy atom. The zero-order valence-electron chi connectivity index (χ0n) is 13.1. The maximum Gasteiger partial charge on any atom is 0.00673 e. The minimum absolute atomic E-state index is 0.553. The van der Waals surface area contributed by atoms with Gasteiger partial charge in [-0.2, -0.15) is 11.8 Å². The second kappa shape index (κ2) is 7.79. The molecular weight excluding hydrogens is 238 g/mol. The average molecular weight is 272 g/mol. The Kier molecular flexibility index (Phi) is 7.08. The van der Waals surface area contributed by atoms with E-state index in [1.807, 2.05) is 11.8 Å². The number of hydrogen-bond donors (Lipinski definition) is 1. The third-order valence-corrected chi connectivity index (χ3v) is 5.85. The molecule has 1 saturated carbocycles. The normalized spacial score (nSPS) is 27.2. The van der Waals surface area contributed by atoms with Crippen LogP contribution in [0.4, 0.5) is 0 Å².